The van der Waals surface area contributed by atoms with Crippen molar-refractivity contribution in [1.29, 1.82) is 0 Å². The maximum Gasteiger partial charge on any atom is 0.191 e. The molecule has 1 heterocycles. The van der Waals surface area contributed by atoms with E-state index in [9.17, 15) is 0 Å². The molecule has 31 heavy (non-hydrogen) atoms. The van der Waals surface area contributed by atoms with E-state index in [1.165, 1.54) is 38.2 Å². The minimum atomic E-state index is 0. The number of likely N-dealkylation sites (N-methyl/N-ethyl adjacent to an activating group) is 2. The number of halogens is 1. The van der Waals surface area contributed by atoms with Crippen LogP contribution in [-0.4, -0.2) is 93.2 Å². The lowest BCUT2D eigenvalue weighted by molar-refractivity contribution is 0.224. The van der Waals surface area contributed by atoms with Gasteiger partial charge < -0.3 is 20.4 Å². The number of nitrogens with one attached hydrogen (secondary N) is 2. The first-order valence-electron chi connectivity index (χ1n) is 11.9. The van der Waals surface area contributed by atoms with Crippen molar-refractivity contribution in [3.63, 3.8) is 0 Å². The van der Waals surface area contributed by atoms with E-state index in [2.05, 4.69) is 83.5 Å². The Bertz CT molecular complexity index is 593. The molecule has 1 saturated heterocycles. The van der Waals surface area contributed by atoms with Gasteiger partial charge in [-0.15, -0.1) is 24.0 Å². The van der Waals surface area contributed by atoms with Gasteiger partial charge in [-0.05, 0) is 65.1 Å². The highest BCUT2D eigenvalue weighted by Gasteiger charge is 2.17. The molecule has 0 bridgehead atoms. The minimum absolute atomic E-state index is 0. The monoisotopic (exact) mass is 544 g/mol. The van der Waals surface area contributed by atoms with Crippen LogP contribution in [-0.2, 0) is 0 Å². The van der Waals surface area contributed by atoms with Gasteiger partial charge in [0, 0.05) is 26.2 Å². The highest BCUT2D eigenvalue weighted by molar-refractivity contribution is 14.0. The molecule has 1 atom stereocenters. The fourth-order valence-corrected chi connectivity index (χ4v) is 4.12. The maximum absolute atomic E-state index is 4.95. The molecule has 2 rings (SSSR count). The van der Waals surface area contributed by atoms with Gasteiger partial charge in [0.2, 0.25) is 0 Å². The zero-order valence-corrected chi connectivity index (χ0v) is 22.5. The van der Waals surface area contributed by atoms with Crippen LogP contribution in [0.25, 0.3) is 0 Å². The molecule has 0 spiro atoms. The Morgan fingerprint density at radius 1 is 1.03 bits per heavy atom. The first-order valence-corrected chi connectivity index (χ1v) is 11.9. The number of aliphatic imine (C=N–C) groups is 1. The van der Waals surface area contributed by atoms with E-state index in [0.717, 1.165) is 51.6 Å². The third-order valence-corrected chi connectivity index (χ3v) is 5.96. The molecule has 178 valence electrons. The minimum Gasteiger partial charge on any atom is -0.357 e. The highest BCUT2D eigenvalue weighted by atomic mass is 127. The third kappa shape index (κ3) is 10.5. The van der Waals surface area contributed by atoms with E-state index in [4.69, 9.17) is 4.99 Å². The topological polar surface area (TPSA) is 46.1 Å². The summed E-state index contributed by atoms with van der Waals surface area (Å²) >= 11 is 0. The average Bonchev–Trinajstić information content (AvgIpc) is 2.98. The van der Waals surface area contributed by atoms with Crippen molar-refractivity contribution in [3.05, 3.63) is 35.9 Å². The average molecular weight is 545 g/mol. The summed E-state index contributed by atoms with van der Waals surface area (Å²) in [6.07, 6.45) is 2.42. The van der Waals surface area contributed by atoms with Gasteiger partial charge in [0.05, 0.1) is 12.6 Å². The van der Waals surface area contributed by atoms with E-state index < -0.39 is 0 Å². The fourth-order valence-electron chi connectivity index (χ4n) is 4.12. The van der Waals surface area contributed by atoms with Crippen molar-refractivity contribution < 1.29 is 0 Å². The second-order valence-electron chi connectivity index (χ2n) is 8.15. The molecule has 1 aliphatic heterocycles. The van der Waals surface area contributed by atoms with Gasteiger partial charge in [-0.3, -0.25) is 9.89 Å². The second-order valence-corrected chi connectivity index (χ2v) is 8.15. The quantitative estimate of drug-likeness (QED) is 0.194. The first kappa shape index (κ1) is 28.1. The number of hydrogen-bond acceptors (Lipinski definition) is 4. The summed E-state index contributed by atoms with van der Waals surface area (Å²) < 4.78 is 0. The molecule has 0 saturated carbocycles. The van der Waals surface area contributed by atoms with Gasteiger partial charge >= 0.3 is 0 Å². The largest absolute Gasteiger partial charge is 0.357 e. The molecule has 1 aromatic rings. The Balaban J connectivity index is 0.00000480. The molecule has 1 aliphatic rings. The highest BCUT2D eigenvalue weighted by Crippen LogP contribution is 2.20. The molecule has 0 aliphatic carbocycles. The number of hydrogen-bond donors (Lipinski definition) is 2. The number of benzene rings is 1. The Kier molecular flexibility index (Phi) is 15.2. The van der Waals surface area contributed by atoms with Crippen molar-refractivity contribution in [2.45, 2.75) is 39.7 Å². The van der Waals surface area contributed by atoms with E-state index in [-0.39, 0.29) is 24.0 Å². The van der Waals surface area contributed by atoms with Crippen LogP contribution in [0.1, 0.15) is 45.2 Å². The normalized spacial score (nSPS) is 17.1. The van der Waals surface area contributed by atoms with Gasteiger partial charge in [-0.1, -0.05) is 44.2 Å². The van der Waals surface area contributed by atoms with Crippen LogP contribution < -0.4 is 10.6 Å². The SMILES string of the molecule is CCNC(=NCC(c1ccccc1)N(CC)CC)NCCCN1CCCN(C)CC1.I. The van der Waals surface area contributed by atoms with E-state index in [1.54, 1.807) is 0 Å². The van der Waals surface area contributed by atoms with Crippen LogP contribution in [0.15, 0.2) is 35.3 Å². The lowest BCUT2D eigenvalue weighted by Gasteiger charge is -2.29. The van der Waals surface area contributed by atoms with Crippen LogP contribution in [0.2, 0.25) is 0 Å². The summed E-state index contributed by atoms with van der Waals surface area (Å²) in [6.45, 7) is 17.2. The van der Waals surface area contributed by atoms with Gasteiger partial charge in [-0.25, -0.2) is 0 Å². The van der Waals surface area contributed by atoms with E-state index in [0.29, 0.717) is 6.04 Å². The summed E-state index contributed by atoms with van der Waals surface area (Å²) in [6, 6.07) is 11.1. The molecule has 1 unspecified atom stereocenters. The number of guanidine groups is 1. The lowest BCUT2D eigenvalue weighted by Crippen LogP contribution is -2.40. The Morgan fingerprint density at radius 3 is 2.45 bits per heavy atom. The van der Waals surface area contributed by atoms with E-state index >= 15 is 0 Å². The van der Waals surface area contributed by atoms with Crippen molar-refractivity contribution in [3.8, 4) is 0 Å². The van der Waals surface area contributed by atoms with Crippen LogP contribution in [0.3, 0.4) is 0 Å². The van der Waals surface area contributed by atoms with Gasteiger partial charge in [0.1, 0.15) is 0 Å². The van der Waals surface area contributed by atoms with Crippen LogP contribution in [0.5, 0.6) is 0 Å². The summed E-state index contributed by atoms with van der Waals surface area (Å²) in [5.41, 5.74) is 1.34. The van der Waals surface area contributed by atoms with E-state index in [1.807, 2.05) is 0 Å². The summed E-state index contributed by atoms with van der Waals surface area (Å²) in [5, 5.41) is 6.97. The predicted octanol–water partition coefficient (Wildman–Crippen LogP) is 3.27. The number of rotatable bonds is 11. The third-order valence-electron chi connectivity index (χ3n) is 5.96. The molecule has 0 amide bonds. The predicted molar refractivity (Wildman–Crippen MR) is 145 cm³/mol. The van der Waals surface area contributed by atoms with Crippen LogP contribution >= 0.6 is 24.0 Å². The molecule has 6 nitrogen and oxygen atoms in total. The number of nitrogens with zero attached hydrogens (tertiary/aromatic N) is 4. The smallest absolute Gasteiger partial charge is 0.191 e. The van der Waals surface area contributed by atoms with Gasteiger partial charge in [-0.2, -0.15) is 0 Å². The summed E-state index contributed by atoms with van der Waals surface area (Å²) in [4.78, 5) is 12.5. The fraction of sp³-hybridized carbons (Fsp3) is 0.708. The summed E-state index contributed by atoms with van der Waals surface area (Å²) in [7, 11) is 2.23. The van der Waals surface area contributed by atoms with Crippen molar-refractivity contribution in [1.82, 2.24) is 25.3 Å². The van der Waals surface area contributed by atoms with Crippen molar-refractivity contribution >= 4 is 29.9 Å². The second kappa shape index (κ2) is 16.7. The maximum atomic E-state index is 4.95. The molecule has 0 radical (unpaired) electrons. The molecule has 1 fully saturated rings. The summed E-state index contributed by atoms with van der Waals surface area (Å²) in [5.74, 6) is 0.932. The van der Waals surface area contributed by atoms with Gasteiger partial charge in [0.15, 0.2) is 5.96 Å². The molecule has 7 heteroatoms. The molecular formula is C24H45IN6. The molecule has 0 aromatic heterocycles. The van der Waals surface area contributed by atoms with Crippen molar-refractivity contribution in [2.24, 2.45) is 4.99 Å². The molecule has 2 N–H and O–H groups in total. The van der Waals surface area contributed by atoms with Crippen LogP contribution in [0, 0.1) is 0 Å². The van der Waals surface area contributed by atoms with Crippen molar-refractivity contribution in [2.75, 3.05) is 72.5 Å². The Hall–Kier alpha value is -0.900. The Morgan fingerprint density at radius 2 is 1.77 bits per heavy atom. The Labute approximate surface area is 207 Å². The standard InChI is InChI=1S/C24H44N6.HI/c1-5-25-24(26-15-11-17-29-18-12-16-28(4)19-20-29)27-21-23(30(6-2)7-3)22-13-9-8-10-14-22;/h8-10,13-14,23H,5-7,11-12,15-21H2,1-4H3,(H2,25,26,27);1H. The van der Waals surface area contributed by atoms with Gasteiger partial charge in [0.25, 0.3) is 0 Å². The zero-order valence-electron chi connectivity index (χ0n) is 20.1. The van der Waals surface area contributed by atoms with Crippen LogP contribution in [0.4, 0.5) is 0 Å². The molecular weight excluding hydrogens is 499 g/mol. The lowest BCUT2D eigenvalue weighted by atomic mass is 10.1. The zero-order chi connectivity index (χ0) is 21.6. The first-order chi connectivity index (χ1) is 14.7. The molecule has 1 aromatic carbocycles.